The van der Waals surface area contributed by atoms with Crippen LogP contribution in [0.3, 0.4) is 0 Å². The number of nitrogens with zero attached hydrogens (tertiary/aromatic N) is 2. The Bertz CT molecular complexity index is 934. The van der Waals surface area contributed by atoms with Crippen molar-refractivity contribution >= 4 is 39.1 Å². The maximum absolute atomic E-state index is 12.3. The molecule has 1 heterocycles. The van der Waals surface area contributed by atoms with E-state index in [2.05, 4.69) is 16.4 Å². The molecule has 6 heteroatoms. The molecule has 2 amide bonds. The number of carbonyl (C=O) groups is 2. The summed E-state index contributed by atoms with van der Waals surface area (Å²) in [5, 5.41) is 3.95. The lowest BCUT2D eigenvalue weighted by Crippen LogP contribution is -2.35. The lowest BCUT2D eigenvalue weighted by atomic mass is 10.1. The van der Waals surface area contributed by atoms with E-state index >= 15 is 0 Å². The highest BCUT2D eigenvalue weighted by Crippen LogP contribution is 2.22. The zero-order valence-electron chi connectivity index (χ0n) is 16.3. The minimum absolute atomic E-state index is 0.0277. The number of rotatable bonds is 8. The molecule has 3 aromatic rings. The van der Waals surface area contributed by atoms with Gasteiger partial charge in [0.15, 0.2) is 0 Å². The zero-order valence-corrected chi connectivity index (χ0v) is 17.1. The summed E-state index contributed by atoms with van der Waals surface area (Å²) in [5.41, 5.74) is 2.90. The molecule has 0 atom stereocenters. The van der Waals surface area contributed by atoms with Gasteiger partial charge in [-0.05, 0) is 43.0 Å². The quantitative estimate of drug-likeness (QED) is 0.619. The molecule has 1 aromatic heterocycles. The molecule has 0 radical (unpaired) electrons. The van der Waals surface area contributed by atoms with Gasteiger partial charge in [0.05, 0.1) is 21.8 Å². The monoisotopic (exact) mass is 395 g/mol. The number of likely N-dealkylation sites (N-methyl/N-ethyl adjacent to an activating group) is 1. The molecule has 3 rings (SSSR count). The summed E-state index contributed by atoms with van der Waals surface area (Å²) in [5.74, 6) is -0.206. The molecule has 0 saturated heterocycles. The van der Waals surface area contributed by atoms with Crippen molar-refractivity contribution in [3.63, 3.8) is 0 Å². The SMILES string of the molecule is CCc1ccccc1NC(=O)CN(C)C(=O)CCCc1nc2ccccc2s1. The highest BCUT2D eigenvalue weighted by Gasteiger charge is 2.14. The highest BCUT2D eigenvalue weighted by molar-refractivity contribution is 7.18. The lowest BCUT2D eigenvalue weighted by molar-refractivity contribution is -0.133. The number of benzene rings is 2. The van der Waals surface area contributed by atoms with Crippen LogP contribution in [-0.4, -0.2) is 35.3 Å². The number of nitrogens with one attached hydrogen (secondary N) is 1. The molecule has 0 fully saturated rings. The maximum Gasteiger partial charge on any atom is 0.243 e. The number of aromatic nitrogens is 1. The van der Waals surface area contributed by atoms with Crippen molar-refractivity contribution in [2.75, 3.05) is 18.9 Å². The van der Waals surface area contributed by atoms with Crippen LogP contribution in [0.2, 0.25) is 0 Å². The third-order valence-electron chi connectivity index (χ3n) is 4.60. The summed E-state index contributed by atoms with van der Waals surface area (Å²) in [7, 11) is 1.67. The maximum atomic E-state index is 12.3. The van der Waals surface area contributed by atoms with Crippen LogP contribution in [0.4, 0.5) is 5.69 Å². The number of amides is 2. The molecule has 5 nitrogen and oxygen atoms in total. The van der Waals surface area contributed by atoms with E-state index in [9.17, 15) is 9.59 Å². The average molecular weight is 396 g/mol. The Morgan fingerprint density at radius 3 is 2.64 bits per heavy atom. The summed E-state index contributed by atoms with van der Waals surface area (Å²) in [6.07, 6.45) is 2.75. The fraction of sp³-hybridized carbons (Fsp3) is 0.318. The summed E-state index contributed by atoms with van der Waals surface area (Å²) < 4.78 is 1.17. The Balaban J connectivity index is 1.45. The third kappa shape index (κ3) is 5.16. The minimum atomic E-state index is -0.178. The Morgan fingerprint density at radius 1 is 1.11 bits per heavy atom. The fourth-order valence-electron chi connectivity index (χ4n) is 3.05. The number of para-hydroxylation sites is 2. The van der Waals surface area contributed by atoms with Gasteiger partial charge in [-0.3, -0.25) is 9.59 Å². The van der Waals surface area contributed by atoms with Crippen molar-refractivity contribution in [2.45, 2.75) is 32.6 Å². The molecule has 1 N–H and O–H groups in total. The Labute approximate surface area is 169 Å². The number of anilines is 1. The van der Waals surface area contributed by atoms with E-state index in [4.69, 9.17) is 0 Å². The van der Waals surface area contributed by atoms with Gasteiger partial charge >= 0.3 is 0 Å². The molecule has 0 spiro atoms. The molecule has 0 unspecified atom stereocenters. The summed E-state index contributed by atoms with van der Waals surface area (Å²) >= 11 is 1.67. The van der Waals surface area contributed by atoms with E-state index < -0.39 is 0 Å². The molecule has 2 aromatic carbocycles. The standard InChI is InChI=1S/C22H25N3O2S/c1-3-16-9-4-5-10-17(16)23-20(26)15-25(2)22(27)14-8-13-21-24-18-11-6-7-12-19(18)28-21/h4-7,9-12H,3,8,13-15H2,1-2H3,(H,23,26). The first-order valence-corrected chi connectivity index (χ1v) is 10.3. The molecule has 0 aliphatic heterocycles. The molecule has 0 bridgehead atoms. The topological polar surface area (TPSA) is 62.3 Å². The van der Waals surface area contributed by atoms with Crippen LogP contribution in [0.25, 0.3) is 10.2 Å². The largest absolute Gasteiger partial charge is 0.336 e. The van der Waals surface area contributed by atoms with Gasteiger partial charge in [-0.2, -0.15) is 0 Å². The minimum Gasteiger partial charge on any atom is -0.336 e. The predicted molar refractivity (Wildman–Crippen MR) is 115 cm³/mol. The molecule has 0 aliphatic rings. The summed E-state index contributed by atoms with van der Waals surface area (Å²) in [6.45, 7) is 2.10. The van der Waals surface area contributed by atoms with Gasteiger partial charge in [-0.15, -0.1) is 11.3 Å². The van der Waals surface area contributed by atoms with Gasteiger partial charge in [0.1, 0.15) is 0 Å². The van der Waals surface area contributed by atoms with E-state index in [0.717, 1.165) is 41.0 Å². The van der Waals surface area contributed by atoms with E-state index in [-0.39, 0.29) is 18.4 Å². The van der Waals surface area contributed by atoms with Crippen molar-refractivity contribution in [1.29, 1.82) is 0 Å². The number of carbonyl (C=O) groups excluding carboxylic acids is 2. The first-order valence-electron chi connectivity index (χ1n) is 9.53. The Kier molecular flexibility index (Phi) is 6.76. The van der Waals surface area contributed by atoms with Gasteiger partial charge < -0.3 is 10.2 Å². The Morgan fingerprint density at radius 2 is 1.86 bits per heavy atom. The first kappa shape index (κ1) is 20.0. The second-order valence-electron chi connectivity index (χ2n) is 6.74. The van der Waals surface area contributed by atoms with Gasteiger partial charge in [0, 0.05) is 19.2 Å². The van der Waals surface area contributed by atoms with Crippen LogP contribution in [0.15, 0.2) is 48.5 Å². The van der Waals surface area contributed by atoms with Crippen molar-refractivity contribution in [3.8, 4) is 0 Å². The van der Waals surface area contributed by atoms with Crippen molar-refractivity contribution in [2.24, 2.45) is 0 Å². The number of thiazole rings is 1. The first-order chi connectivity index (χ1) is 13.6. The average Bonchev–Trinajstić information content (AvgIpc) is 3.11. The number of hydrogen-bond acceptors (Lipinski definition) is 4. The molecular formula is C22H25N3O2S. The second kappa shape index (κ2) is 9.46. The third-order valence-corrected chi connectivity index (χ3v) is 5.69. The number of fused-ring (bicyclic) bond motifs is 1. The zero-order chi connectivity index (χ0) is 19.9. The van der Waals surface area contributed by atoms with E-state index in [1.807, 2.05) is 49.4 Å². The molecular weight excluding hydrogens is 370 g/mol. The number of hydrogen-bond donors (Lipinski definition) is 1. The highest BCUT2D eigenvalue weighted by atomic mass is 32.1. The number of aryl methyl sites for hydroxylation is 2. The smallest absolute Gasteiger partial charge is 0.243 e. The normalized spacial score (nSPS) is 10.8. The fourth-order valence-corrected chi connectivity index (χ4v) is 4.06. The van der Waals surface area contributed by atoms with Crippen molar-refractivity contribution in [3.05, 3.63) is 59.1 Å². The van der Waals surface area contributed by atoms with E-state index in [1.165, 1.54) is 9.60 Å². The van der Waals surface area contributed by atoms with E-state index in [0.29, 0.717) is 6.42 Å². The van der Waals surface area contributed by atoms with Crippen LogP contribution >= 0.6 is 11.3 Å². The molecule has 0 aliphatic carbocycles. The lowest BCUT2D eigenvalue weighted by Gasteiger charge is -2.17. The van der Waals surface area contributed by atoms with Gasteiger partial charge in [0.2, 0.25) is 11.8 Å². The van der Waals surface area contributed by atoms with Crippen LogP contribution in [0.1, 0.15) is 30.3 Å². The van der Waals surface area contributed by atoms with Crippen molar-refractivity contribution in [1.82, 2.24) is 9.88 Å². The molecule has 28 heavy (non-hydrogen) atoms. The Hall–Kier alpha value is -2.73. The predicted octanol–water partition coefficient (Wildman–Crippen LogP) is 4.28. The van der Waals surface area contributed by atoms with Gasteiger partial charge in [0.25, 0.3) is 0 Å². The summed E-state index contributed by atoms with van der Waals surface area (Å²) in [6, 6.07) is 15.8. The van der Waals surface area contributed by atoms with Crippen molar-refractivity contribution < 1.29 is 9.59 Å². The molecule has 0 saturated carbocycles. The summed E-state index contributed by atoms with van der Waals surface area (Å²) in [4.78, 5) is 30.7. The van der Waals surface area contributed by atoms with Gasteiger partial charge in [-0.1, -0.05) is 37.3 Å². The van der Waals surface area contributed by atoms with Crippen LogP contribution in [-0.2, 0) is 22.4 Å². The van der Waals surface area contributed by atoms with Gasteiger partial charge in [-0.25, -0.2) is 4.98 Å². The van der Waals surface area contributed by atoms with Crippen LogP contribution < -0.4 is 5.32 Å². The van der Waals surface area contributed by atoms with E-state index in [1.54, 1.807) is 18.4 Å². The molecule has 146 valence electrons. The van der Waals surface area contributed by atoms with Crippen LogP contribution in [0.5, 0.6) is 0 Å². The second-order valence-corrected chi connectivity index (χ2v) is 7.85. The van der Waals surface area contributed by atoms with Crippen LogP contribution in [0, 0.1) is 0 Å².